The van der Waals surface area contributed by atoms with Gasteiger partial charge >= 0.3 is 0 Å². The van der Waals surface area contributed by atoms with Gasteiger partial charge in [0.2, 0.25) is 5.91 Å². The van der Waals surface area contributed by atoms with Crippen LogP contribution in [-0.4, -0.2) is 28.0 Å². The number of rotatable bonds is 7. The van der Waals surface area contributed by atoms with Gasteiger partial charge in [-0.1, -0.05) is 20.8 Å². The van der Waals surface area contributed by atoms with Gasteiger partial charge in [-0.15, -0.1) is 0 Å². The fourth-order valence-corrected chi connectivity index (χ4v) is 1.65. The Labute approximate surface area is 109 Å². The third kappa shape index (κ3) is 4.14. The highest BCUT2D eigenvalue weighted by atomic mass is 16.2. The number of aromatic nitrogens is 2. The Morgan fingerprint density at radius 3 is 2.78 bits per heavy atom. The summed E-state index contributed by atoms with van der Waals surface area (Å²) in [6.45, 7) is 9.57. The van der Waals surface area contributed by atoms with Gasteiger partial charge in [-0.3, -0.25) is 4.79 Å². The van der Waals surface area contributed by atoms with Gasteiger partial charge in [0, 0.05) is 25.3 Å². The molecule has 0 bridgehead atoms. The maximum absolute atomic E-state index is 11.9. The number of imidazole rings is 1. The Balaban J connectivity index is 2.64. The third-order valence-electron chi connectivity index (χ3n) is 2.78. The van der Waals surface area contributed by atoms with E-state index in [1.165, 1.54) is 0 Å². The van der Waals surface area contributed by atoms with Crippen molar-refractivity contribution >= 4 is 5.91 Å². The smallest absolute Gasteiger partial charge is 0.242 e. The standard InChI is InChI=1S/C13H24N4O/c1-5-6-15-13(18)11(4)17-9-14-7-12(17)8-16-10(2)3/h7,9-11,16H,5-6,8H2,1-4H3,(H,15,18). The molecule has 1 atom stereocenters. The lowest BCUT2D eigenvalue weighted by atomic mass is 10.2. The van der Waals surface area contributed by atoms with Crippen molar-refractivity contribution in [1.29, 1.82) is 0 Å². The van der Waals surface area contributed by atoms with Crippen LogP contribution in [0.1, 0.15) is 45.9 Å². The molecule has 1 aromatic heterocycles. The predicted molar refractivity (Wildman–Crippen MR) is 72.2 cm³/mol. The maximum atomic E-state index is 11.9. The van der Waals surface area contributed by atoms with Crippen LogP contribution in [0.15, 0.2) is 12.5 Å². The van der Waals surface area contributed by atoms with Crippen LogP contribution >= 0.6 is 0 Å². The molecule has 1 unspecified atom stereocenters. The van der Waals surface area contributed by atoms with Crippen LogP contribution in [0.25, 0.3) is 0 Å². The summed E-state index contributed by atoms with van der Waals surface area (Å²) in [5, 5.41) is 6.24. The van der Waals surface area contributed by atoms with E-state index in [2.05, 4.69) is 29.5 Å². The molecule has 102 valence electrons. The molecule has 2 N–H and O–H groups in total. The van der Waals surface area contributed by atoms with E-state index in [9.17, 15) is 4.79 Å². The molecule has 0 fully saturated rings. The highest BCUT2D eigenvalue weighted by Crippen LogP contribution is 2.10. The summed E-state index contributed by atoms with van der Waals surface area (Å²) >= 11 is 0. The molecular formula is C13H24N4O. The number of nitrogens with zero attached hydrogens (tertiary/aromatic N) is 2. The zero-order valence-electron chi connectivity index (χ0n) is 11.7. The zero-order valence-corrected chi connectivity index (χ0v) is 11.7. The molecule has 1 aromatic rings. The molecule has 1 amide bonds. The van der Waals surface area contributed by atoms with Crippen molar-refractivity contribution in [2.75, 3.05) is 6.54 Å². The largest absolute Gasteiger partial charge is 0.354 e. The third-order valence-corrected chi connectivity index (χ3v) is 2.78. The monoisotopic (exact) mass is 252 g/mol. The lowest BCUT2D eigenvalue weighted by Gasteiger charge is -2.17. The molecule has 1 rings (SSSR count). The molecule has 0 aliphatic rings. The van der Waals surface area contributed by atoms with Gasteiger partial charge in [-0.2, -0.15) is 0 Å². The number of nitrogens with one attached hydrogen (secondary N) is 2. The highest BCUT2D eigenvalue weighted by molar-refractivity contribution is 5.79. The Kier molecular flexibility index (Phi) is 5.85. The van der Waals surface area contributed by atoms with E-state index in [4.69, 9.17) is 0 Å². The highest BCUT2D eigenvalue weighted by Gasteiger charge is 2.16. The van der Waals surface area contributed by atoms with Gasteiger partial charge in [-0.25, -0.2) is 4.98 Å². The van der Waals surface area contributed by atoms with E-state index in [-0.39, 0.29) is 11.9 Å². The van der Waals surface area contributed by atoms with E-state index in [0.29, 0.717) is 6.04 Å². The lowest BCUT2D eigenvalue weighted by Crippen LogP contribution is -2.32. The first-order valence-corrected chi connectivity index (χ1v) is 6.58. The molecule has 5 heteroatoms. The SMILES string of the molecule is CCCNC(=O)C(C)n1cncc1CNC(C)C. The number of hydrogen-bond donors (Lipinski definition) is 2. The van der Waals surface area contributed by atoms with Gasteiger partial charge in [-0.05, 0) is 13.3 Å². The summed E-state index contributed by atoms with van der Waals surface area (Å²) in [7, 11) is 0. The number of carbonyl (C=O) groups excluding carboxylic acids is 1. The minimum atomic E-state index is -0.219. The molecule has 0 aliphatic carbocycles. The second kappa shape index (κ2) is 7.16. The van der Waals surface area contributed by atoms with E-state index >= 15 is 0 Å². The minimum Gasteiger partial charge on any atom is -0.354 e. The normalized spacial score (nSPS) is 12.7. The van der Waals surface area contributed by atoms with Crippen LogP contribution in [0.3, 0.4) is 0 Å². The fraction of sp³-hybridized carbons (Fsp3) is 0.692. The second-order valence-electron chi connectivity index (χ2n) is 4.79. The van der Waals surface area contributed by atoms with E-state index < -0.39 is 0 Å². The number of hydrogen-bond acceptors (Lipinski definition) is 3. The molecule has 0 aromatic carbocycles. The summed E-state index contributed by atoms with van der Waals surface area (Å²) in [5.41, 5.74) is 1.03. The van der Waals surface area contributed by atoms with Crippen LogP contribution in [0, 0.1) is 0 Å². The summed E-state index contributed by atoms with van der Waals surface area (Å²) in [6.07, 6.45) is 4.47. The molecule has 0 saturated carbocycles. The molecule has 5 nitrogen and oxygen atoms in total. The van der Waals surface area contributed by atoms with Gasteiger partial charge in [0.1, 0.15) is 6.04 Å². The van der Waals surface area contributed by atoms with Crippen molar-refractivity contribution in [3.63, 3.8) is 0 Å². The van der Waals surface area contributed by atoms with E-state index in [0.717, 1.165) is 25.2 Å². The quantitative estimate of drug-likeness (QED) is 0.772. The Hall–Kier alpha value is -1.36. The van der Waals surface area contributed by atoms with Crippen LogP contribution in [0.4, 0.5) is 0 Å². The Bertz CT molecular complexity index is 373. The maximum Gasteiger partial charge on any atom is 0.242 e. The van der Waals surface area contributed by atoms with Gasteiger partial charge in [0.15, 0.2) is 0 Å². The molecule has 0 radical (unpaired) electrons. The molecule has 0 saturated heterocycles. The Morgan fingerprint density at radius 1 is 1.44 bits per heavy atom. The first-order chi connectivity index (χ1) is 8.56. The van der Waals surface area contributed by atoms with Crippen molar-refractivity contribution < 1.29 is 4.79 Å². The predicted octanol–water partition coefficient (Wildman–Crippen LogP) is 1.47. The van der Waals surface area contributed by atoms with Gasteiger partial charge in [0.05, 0.1) is 12.0 Å². The summed E-state index contributed by atoms with van der Waals surface area (Å²) in [5.74, 6) is 0.0423. The number of carbonyl (C=O) groups is 1. The average Bonchev–Trinajstić information content (AvgIpc) is 2.80. The first-order valence-electron chi connectivity index (χ1n) is 6.58. The molecular weight excluding hydrogens is 228 g/mol. The second-order valence-corrected chi connectivity index (χ2v) is 4.79. The first kappa shape index (κ1) is 14.7. The molecule has 18 heavy (non-hydrogen) atoms. The zero-order chi connectivity index (χ0) is 13.5. The van der Waals surface area contributed by atoms with Crippen molar-refractivity contribution in [3.05, 3.63) is 18.2 Å². The van der Waals surface area contributed by atoms with Gasteiger partial charge < -0.3 is 15.2 Å². The molecule has 0 spiro atoms. The topological polar surface area (TPSA) is 59.0 Å². The van der Waals surface area contributed by atoms with E-state index in [1.807, 2.05) is 18.4 Å². The van der Waals surface area contributed by atoms with E-state index in [1.54, 1.807) is 12.5 Å². The van der Waals surface area contributed by atoms with Crippen LogP contribution in [0.5, 0.6) is 0 Å². The average molecular weight is 252 g/mol. The van der Waals surface area contributed by atoms with Crippen LogP contribution in [-0.2, 0) is 11.3 Å². The van der Waals surface area contributed by atoms with Crippen molar-refractivity contribution in [1.82, 2.24) is 20.2 Å². The van der Waals surface area contributed by atoms with Crippen LogP contribution in [0.2, 0.25) is 0 Å². The minimum absolute atomic E-state index is 0.0423. The van der Waals surface area contributed by atoms with Crippen molar-refractivity contribution in [2.24, 2.45) is 0 Å². The Morgan fingerprint density at radius 2 is 2.17 bits per heavy atom. The van der Waals surface area contributed by atoms with Crippen LogP contribution < -0.4 is 10.6 Å². The summed E-state index contributed by atoms with van der Waals surface area (Å²) in [4.78, 5) is 16.0. The van der Waals surface area contributed by atoms with Gasteiger partial charge in [0.25, 0.3) is 0 Å². The molecule has 0 aliphatic heterocycles. The molecule has 1 heterocycles. The fourth-order valence-electron chi connectivity index (χ4n) is 1.65. The lowest BCUT2D eigenvalue weighted by molar-refractivity contribution is -0.123. The van der Waals surface area contributed by atoms with Crippen molar-refractivity contribution in [2.45, 2.75) is 52.7 Å². The summed E-state index contributed by atoms with van der Waals surface area (Å²) in [6, 6.07) is 0.195. The van der Waals surface area contributed by atoms with Crippen molar-refractivity contribution in [3.8, 4) is 0 Å². The number of amides is 1. The summed E-state index contributed by atoms with van der Waals surface area (Å²) < 4.78 is 1.92.